The predicted molar refractivity (Wildman–Crippen MR) is 178 cm³/mol. The highest BCUT2D eigenvalue weighted by Crippen LogP contribution is 2.45. The Bertz CT molecular complexity index is 2150. The van der Waals surface area contributed by atoms with Crippen molar-refractivity contribution >= 4 is 101 Å². The maximum Gasteiger partial charge on any atom is 0.296 e. The number of hydrogen-bond acceptors (Lipinski definition) is 22. The topological polar surface area (TPSA) is 378 Å². The third-order valence-electron chi connectivity index (χ3n) is 6.13. The molecule has 270 valence electrons. The Kier molecular flexibility index (Phi) is 12.4. The highest BCUT2D eigenvalue weighted by molar-refractivity contribution is 7.95. The van der Waals surface area contributed by atoms with Crippen LogP contribution in [0.4, 0.5) is 56.9 Å². The SMILES string of the molecule is Nc1c(SOOO)cc(SOOO)c(N)c1N=Nc1ccc([N+]([O-])=Nc2ccc(N=Nc3c(N)c(S(=O)(=O)O)cc(S(=O)(=O)O)c3N)cc2)cc1. The number of nitrogen functional groups attached to an aromatic ring is 4. The quantitative estimate of drug-likeness (QED) is 0.0136. The van der Waals surface area contributed by atoms with E-state index < -0.39 is 47.1 Å². The van der Waals surface area contributed by atoms with E-state index in [2.05, 4.69) is 44.3 Å². The lowest BCUT2D eigenvalue weighted by atomic mass is 10.2. The van der Waals surface area contributed by atoms with Crippen LogP contribution in [0.3, 0.4) is 0 Å². The number of nitrogens with zero attached hydrogens (tertiary/aromatic N) is 6. The molecule has 4 aromatic carbocycles. The second kappa shape index (κ2) is 16.3. The Morgan fingerprint density at radius 1 is 0.608 bits per heavy atom. The molecule has 0 aliphatic rings. The molecule has 4 rings (SSSR count). The smallest absolute Gasteiger partial charge is 0.296 e. The van der Waals surface area contributed by atoms with Crippen LogP contribution in [-0.4, -0.2) is 41.3 Å². The van der Waals surface area contributed by atoms with Crippen LogP contribution in [0.5, 0.6) is 0 Å². The molecule has 27 heteroatoms. The summed E-state index contributed by atoms with van der Waals surface area (Å²) >= 11 is 1.00. The summed E-state index contributed by atoms with van der Waals surface area (Å²) in [5.74, 6) is 0. The molecule has 0 saturated heterocycles. The van der Waals surface area contributed by atoms with Crippen LogP contribution >= 0.6 is 24.1 Å². The molecule has 0 radical (unpaired) electrons. The first-order valence-electron chi connectivity index (χ1n) is 13.0. The van der Waals surface area contributed by atoms with Crippen LogP contribution < -0.4 is 22.9 Å². The van der Waals surface area contributed by atoms with Gasteiger partial charge in [-0.3, -0.25) is 9.11 Å². The van der Waals surface area contributed by atoms with Gasteiger partial charge < -0.3 is 28.1 Å². The Morgan fingerprint density at radius 3 is 1.41 bits per heavy atom. The van der Waals surface area contributed by atoms with Crippen LogP contribution in [-0.2, 0) is 39.0 Å². The van der Waals surface area contributed by atoms with Gasteiger partial charge in [-0.2, -0.15) is 27.1 Å². The average molecular weight is 787 g/mol. The van der Waals surface area contributed by atoms with E-state index in [1.165, 1.54) is 54.6 Å². The van der Waals surface area contributed by atoms with Gasteiger partial charge in [-0.15, -0.1) is 18.9 Å². The van der Waals surface area contributed by atoms with Gasteiger partial charge in [0.2, 0.25) is 5.69 Å². The van der Waals surface area contributed by atoms with Gasteiger partial charge in [-0.25, -0.2) is 10.5 Å². The van der Waals surface area contributed by atoms with Crippen molar-refractivity contribution in [3.63, 3.8) is 0 Å². The molecule has 0 atom stereocenters. The summed E-state index contributed by atoms with van der Waals surface area (Å²) in [6, 6.07) is 12.7. The summed E-state index contributed by atoms with van der Waals surface area (Å²) in [6.45, 7) is 0. The van der Waals surface area contributed by atoms with E-state index in [1.54, 1.807) is 0 Å². The van der Waals surface area contributed by atoms with Crippen molar-refractivity contribution in [2.45, 2.75) is 19.6 Å². The molecule has 0 heterocycles. The van der Waals surface area contributed by atoms with Crippen molar-refractivity contribution in [3.05, 3.63) is 65.9 Å². The second-order valence-corrected chi connectivity index (χ2v) is 13.6. The van der Waals surface area contributed by atoms with Crippen LogP contribution in [0.1, 0.15) is 0 Å². The van der Waals surface area contributed by atoms with Crippen molar-refractivity contribution in [2.24, 2.45) is 25.6 Å². The van der Waals surface area contributed by atoms with E-state index in [0.717, 1.165) is 0 Å². The van der Waals surface area contributed by atoms with Gasteiger partial charge in [0.1, 0.15) is 26.9 Å². The summed E-state index contributed by atoms with van der Waals surface area (Å²) in [6.07, 6.45) is 0. The second-order valence-electron chi connectivity index (χ2n) is 9.31. The average Bonchev–Trinajstić information content (AvgIpc) is 3.07. The molecule has 0 spiro atoms. The number of nitrogens with two attached hydrogens (primary N) is 4. The first kappa shape index (κ1) is 38.8. The monoisotopic (exact) mass is 786 g/mol. The minimum absolute atomic E-state index is 0.0212. The third-order valence-corrected chi connectivity index (χ3v) is 9.21. The van der Waals surface area contributed by atoms with Crippen LogP contribution in [0.25, 0.3) is 0 Å². The fourth-order valence-electron chi connectivity index (χ4n) is 3.80. The molecule has 0 bridgehead atoms. The lowest BCUT2D eigenvalue weighted by molar-refractivity contribution is -0.435. The maximum absolute atomic E-state index is 12.7. The van der Waals surface area contributed by atoms with Gasteiger partial charge in [0, 0.05) is 17.2 Å². The van der Waals surface area contributed by atoms with Gasteiger partial charge >= 0.3 is 0 Å². The molecule has 23 nitrogen and oxygen atoms in total. The lowest BCUT2D eigenvalue weighted by Gasteiger charge is -2.12. The first-order chi connectivity index (χ1) is 24.0. The first-order valence-corrected chi connectivity index (χ1v) is 17.3. The number of benzene rings is 4. The van der Waals surface area contributed by atoms with E-state index in [4.69, 9.17) is 33.4 Å². The molecule has 12 N–H and O–H groups in total. The van der Waals surface area contributed by atoms with Gasteiger partial charge in [-0.05, 0) is 48.5 Å². The minimum atomic E-state index is -5.06. The number of anilines is 4. The molecular weight excluding hydrogens is 765 g/mol. The normalized spacial score (nSPS) is 12.7. The van der Waals surface area contributed by atoms with Crippen molar-refractivity contribution in [2.75, 3.05) is 22.9 Å². The molecule has 0 amide bonds. The Hall–Kier alpha value is -5.04. The molecular formula is C24H22N10O13S4. The van der Waals surface area contributed by atoms with E-state index in [9.17, 15) is 31.1 Å². The van der Waals surface area contributed by atoms with Crippen molar-refractivity contribution in [3.8, 4) is 0 Å². The minimum Gasteiger partial charge on any atom is -0.594 e. The summed E-state index contributed by atoms with van der Waals surface area (Å²) in [5.41, 5.74) is 22.0. The van der Waals surface area contributed by atoms with Gasteiger partial charge in [0.15, 0.2) is 0 Å². The molecule has 0 aliphatic carbocycles. The largest absolute Gasteiger partial charge is 0.594 e. The molecule has 0 saturated carbocycles. The fraction of sp³-hybridized carbons (Fsp3) is 0. The summed E-state index contributed by atoms with van der Waals surface area (Å²) in [5, 5.41) is 56.3. The van der Waals surface area contributed by atoms with E-state index >= 15 is 0 Å². The number of rotatable bonds is 14. The maximum atomic E-state index is 12.7. The molecule has 0 unspecified atom stereocenters. The standard InChI is InChI=1S/C24H22N10O13S4/c25-19-15(48-46-44-36)9-16(49-47-45-37)20(26)23(19)31-30-12-5-7-14(8-6-12)34(35)33-13-3-1-11(2-4-13)29-32-24-21(27)17(50(38,39)40)10-18(22(24)28)51(41,42)43/h1-10,36-37H,25-28H2,(H,38,39,40)(H,41,42,43). The van der Waals surface area contributed by atoms with Crippen molar-refractivity contribution in [1.82, 2.24) is 0 Å². The molecule has 51 heavy (non-hydrogen) atoms. The zero-order chi connectivity index (χ0) is 37.5. The molecule has 4 aromatic rings. The van der Waals surface area contributed by atoms with Crippen LogP contribution in [0, 0.1) is 5.21 Å². The molecule has 0 aliphatic heterocycles. The molecule has 0 aromatic heterocycles. The van der Waals surface area contributed by atoms with E-state index in [1.807, 2.05) is 0 Å². The number of hydrogen-bond donors (Lipinski definition) is 8. The number of azo groups is 3. The van der Waals surface area contributed by atoms with E-state index in [0.29, 0.717) is 35.0 Å². The van der Waals surface area contributed by atoms with Gasteiger partial charge in [-0.1, -0.05) is 14.9 Å². The van der Waals surface area contributed by atoms with Crippen LogP contribution in [0.15, 0.2) is 106 Å². The van der Waals surface area contributed by atoms with Gasteiger partial charge in [0.25, 0.3) is 20.2 Å². The Balaban J connectivity index is 1.53. The van der Waals surface area contributed by atoms with Crippen molar-refractivity contribution in [1.29, 1.82) is 0 Å². The highest BCUT2D eigenvalue weighted by Gasteiger charge is 2.27. The third kappa shape index (κ3) is 9.60. The summed E-state index contributed by atoms with van der Waals surface area (Å²) in [7, 11) is -10.1. The van der Waals surface area contributed by atoms with Crippen molar-refractivity contribution < 1.29 is 60.1 Å². The van der Waals surface area contributed by atoms with Gasteiger partial charge in [0.05, 0.1) is 68.0 Å². The van der Waals surface area contributed by atoms with Crippen LogP contribution in [0.2, 0.25) is 0 Å². The fourth-order valence-corrected chi connectivity index (χ4v) is 6.15. The predicted octanol–water partition coefficient (Wildman–Crippen LogP) is 6.12. The van der Waals surface area contributed by atoms with E-state index in [-0.39, 0.29) is 49.6 Å². The summed E-state index contributed by atoms with van der Waals surface area (Å²) < 4.78 is 74.4. The zero-order valence-corrected chi connectivity index (χ0v) is 28.1. The molecule has 0 fully saturated rings. The Morgan fingerprint density at radius 2 is 1.00 bits per heavy atom. The lowest BCUT2D eigenvalue weighted by Crippen LogP contribution is -2.10. The highest BCUT2D eigenvalue weighted by atomic mass is 32.2. The summed E-state index contributed by atoms with van der Waals surface area (Å²) in [4.78, 5) is -1.52. The Labute approximate surface area is 294 Å². The zero-order valence-electron chi connectivity index (χ0n) is 24.9.